The Morgan fingerprint density at radius 2 is 1.88 bits per heavy atom. The van der Waals surface area contributed by atoms with Crippen LogP contribution in [0.2, 0.25) is 0 Å². The first-order valence-electron chi connectivity index (χ1n) is 8.73. The summed E-state index contributed by atoms with van der Waals surface area (Å²) in [6.07, 6.45) is 1.11. The van der Waals surface area contributed by atoms with Crippen LogP contribution in [0.5, 0.6) is 0 Å². The molecule has 1 saturated heterocycles. The normalized spacial score (nSPS) is 17.0. The molecule has 1 atom stereocenters. The smallest absolute Gasteiger partial charge is 0.229 e. The second-order valence-electron chi connectivity index (χ2n) is 6.76. The van der Waals surface area contributed by atoms with Crippen molar-refractivity contribution in [1.29, 1.82) is 0 Å². The molecule has 2 aromatic carbocycles. The average Bonchev–Trinajstić information content (AvgIpc) is 2.98. The maximum Gasteiger partial charge on any atom is 0.229 e. The number of nitrogens with one attached hydrogen (secondary N) is 1. The number of rotatable bonds is 5. The van der Waals surface area contributed by atoms with Gasteiger partial charge in [-0.25, -0.2) is 0 Å². The van der Waals surface area contributed by atoms with Crippen LogP contribution in [-0.4, -0.2) is 29.8 Å². The number of likely N-dealkylation sites (tertiary alicyclic amines) is 1. The van der Waals surface area contributed by atoms with Crippen molar-refractivity contribution < 1.29 is 9.59 Å². The van der Waals surface area contributed by atoms with Crippen LogP contribution in [0.25, 0.3) is 0 Å². The topological polar surface area (TPSA) is 49.4 Å². The molecule has 0 radical (unpaired) electrons. The molecule has 0 saturated carbocycles. The molecule has 4 nitrogen and oxygen atoms in total. The lowest BCUT2D eigenvalue weighted by Gasteiger charge is -2.16. The molecule has 0 spiro atoms. The predicted molar refractivity (Wildman–Crippen MR) is 99.4 cm³/mol. The second-order valence-corrected chi connectivity index (χ2v) is 6.76. The molecule has 3 rings (SSSR count). The van der Waals surface area contributed by atoms with Crippen LogP contribution >= 0.6 is 0 Å². The highest BCUT2D eigenvalue weighted by molar-refractivity contribution is 5.97. The van der Waals surface area contributed by atoms with E-state index in [2.05, 4.69) is 17.4 Å². The Morgan fingerprint density at radius 3 is 2.60 bits per heavy atom. The van der Waals surface area contributed by atoms with E-state index < -0.39 is 0 Å². The van der Waals surface area contributed by atoms with Crippen molar-refractivity contribution in [2.75, 3.05) is 18.4 Å². The van der Waals surface area contributed by atoms with Crippen LogP contribution in [0.3, 0.4) is 0 Å². The standard InChI is InChI=1S/C21H24N2O2/c1-15-8-9-19(12-16(15)2)22-21(25)18-13-20(24)23(14-18)11-10-17-6-4-3-5-7-17/h3-9,12,18H,10-11,13-14H2,1-2H3,(H,22,25). The minimum absolute atomic E-state index is 0.0659. The third-order valence-corrected chi connectivity index (χ3v) is 4.87. The lowest BCUT2D eigenvalue weighted by Crippen LogP contribution is -2.30. The summed E-state index contributed by atoms with van der Waals surface area (Å²) < 4.78 is 0. The van der Waals surface area contributed by atoms with E-state index in [-0.39, 0.29) is 17.7 Å². The van der Waals surface area contributed by atoms with Crippen LogP contribution in [-0.2, 0) is 16.0 Å². The summed E-state index contributed by atoms with van der Waals surface area (Å²) in [4.78, 5) is 26.5. The molecule has 130 valence electrons. The number of carbonyl (C=O) groups excluding carboxylic acids is 2. The van der Waals surface area contributed by atoms with Gasteiger partial charge in [-0.05, 0) is 49.1 Å². The molecule has 1 aliphatic rings. The van der Waals surface area contributed by atoms with Crippen LogP contribution < -0.4 is 5.32 Å². The van der Waals surface area contributed by atoms with Gasteiger partial charge < -0.3 is 10.2 Å². The Kier molecular flexibility index (Phi) is 5.17. The van der Waals surface area contributed by atoms with Crippen LogP contribution in [0.15, 0.2) is 48.5 Å². The van der Waals surface area contributed by atoms with Gasteiger partial charge >= 0.3 is 0 Å². The zero-order chi connectivity index (χ0) is 17.8. The number of anilines is 1. The zero-order valence-electron chi connectivity index (χ0n) is 14.8. The molecular weight excluding hydrogens is 312 g/mol. The molecule has 1 unspecified atom stereocenters. The number of hydrogen-bond donors (Lipinski definition) is 1. The van der Waals surface area contributed by atoms with Gasteiger partial charge in [0, 0.05) is 25.2 Å². The number of benzene rings is 2. The van der Waals surface area contributed by atoms with E-state index in [0.717, 1.165) is 17.7 Å². The second kappa shape index (κ2) is 7.51. The van der Waals surface area contributed by atoms with E-state index in [1.54, 1.807) is 4.90 Å². The van der Waals surface area contributed by atoms with E-state index in [0.29, 0.717) is 19.5 Å². The van der Waals surface area contributed by atoms with Gasteiger partial charge in [0.1, 0.15) is 0 Å². The molecule has 0 aliphatic carbocycles. The minimum atomic E-state index is -0.273. The lowest BCUT2D eigenvalue weighted by molar-refractivity contribution is -0.128. The highest BCUT2D eigenvalue weighted by Gasteiger charge is 2.34. The summed E-state index contributed by atoms with van der Waals surface area (Å²) >= 11 is 0. The van der Waals surface area contributed by atoms with Crippen molar-refractivity contribution in [2.45, 2.75) is 26.7 Å². The highest BCUT2D eigenvalue weighted by atomic mass is 16.2. The van der Waals surface area contributed by atoms with Crippen LogP contribution in [0.1, 0.15) is 23.1 Å². The summed E-state index contributed by atoms with van der Waals surface area (Å²) in [6.45, 7) is 5.23. The Bertz CT molecular complexity index is 771. The van der Waals surface area contributed by atoms with Gasteiger partial charge in [-0.2, -0.15) is 0 Å². The zero-order valence-corrected chi connectivity index (χ0v) is 14.8. The molecule has 2 amide bonds. The summed E-state index contributed by atoms with van der Waals surface area (Å²) in [5.41, 5.74) is 4.34. The number of carbonyl (C=O) groups is 2. The molecule has 0 aromatic heterocycles. The van der Waals surface area contributed by atoms with E-state index in [1.807, 2.05) is 50.2 Å². The van der Waals surface area contributed by atoms with E-state index in [1.165, 1.54) is 11.1 Å². The Labute approximate surface area is 148 Å². The first-order chi connectivity index (χ1) is 12.0. The molecule has 1 N–H and O–H groups in total. The van der Waals surface area contributed by atoms with E-state index in [9.17, 15) is 9.59 Å². The van der Waals surface area contributed by atoms with Gasteiger partial charge in [0.15, 0.2) is 0 Å². The maximum absolute atomic E-state index is 12.5. The van der Waals surface area contributed by atoms with Crippen molar-refractivity contribution in [3.8, 4) is 0 Å². The summed E-state index contributed by atoms with van der Waals surface area (Å²) in [6, 6.07) is 16.0. The minimum Gasteiger partial charge on any atom is -0.342 e. The number of aryl methyl sites for hydroxylation is 2. The quantitative estimate of drug-likeness (QED) is 0.910. The van der Waals surface area contributed by atoms with Crippen molar-refractivity contribution in [3.05, 3.63) is 65.2 Å². The largest absolute Gasteiger partial charge is 0.342 e. The fourth-order valence-corrected chi connectivity index (χ4v) is 3.14. The van der Waals surface area contributed by atoms with E-state index in [4.69, 9.17) is 0 Å². The fourth-order valence-electron chi connectivity index (χ4n) is 3.14. The molecule has 4 heteroatoms. The first kappa shape index (κ1) is 17.2. The SMILES string of the molecule is Cc1ccc(NC(=O)C2CC(=O)N(CCc3ccccc3)C2)cc1C. The van der Waals surface area contributed by atoms with Crippen molar-refractivity contribution >= 4 is 17.5 Å². The maximum atomic E-state index is 12.5. The Hall–Kier alpha value is -2.62. The van der Waals surface area contributed by atoms with Gasteiger partial charge in [0.2, 0.25) is 11.8 Å². The number of nitrogens with zero attached hydrogens (tertiary/aromatic N) is 1. The lowest BCUT2D eigenvalue weighted by atomic mass is 10.1. The van der Waals surface area contributed by atoms with Crippen molar-refractivity contribution in [2.24, 2.45) is 5.92 Å². The van der Waals surface area contributed by atoms with Crippen molar-refractivity contribution in [3.63, 3.8) is 0 Å². The fraction of sp³-hybridized carbons (Fsp3) is 0.333. The van der Waals surface area contributed by atoms with Crippen molar-refractivity contribution in [1.82, 2.24) is 4.90 Å². The first-order valence-corrected chi connectivity index (χ1v) is 8.73. The molecule has 25 heavy (non-hydrogen) atoms. The van der Waals surface area contributed by atoms with Gasteiger partial charge in [0.25, 0.3) is 0 Å². The summed E-state index contributed by atoms with van der Waals surface area (Å²) in [5, 5.41) is 2.95. The number of hydrogen-bond acceptors (Lipinski definition) is 2. The van der Waals surface area contributed by atoms with Gasteiger partial charge in [-0.3, -0.25) is 9.59 Å². The van der Waals surface area contributed by atoms with Crippen LogP contribution in [0, 0.1) is 19.8 Å². The third-order valence-electron chi connectivity index (χ3n) is 4.87. The Balaban J connectivity index is 1.56. The molecular formula is C21H24N2O2. The summed E-state index contributed by atoms with van der Waals surface area (Å²) in [7, 11) is 0. The highest BCUT2D eigenvalue weighted by Crippen LogP contribution is 2.21. The van der Waals surface area contributed by atoms with Crippen LogP contribution in [0.4, 0.5) is 5.69 Å². The van der Waals surface area contributed by atoms with Gasteiger partial charge in [-0.1, -0.05) is 36.4 Å². The number of amides is 2. The molecule has 0 bridgehead atoms. The molecule has 2 aromatic rings. The van der Waals surface area contributed by atoms with Gasteiger partial charge in [-0.15, -0.1) is 0 Å². The monoisotopic (exact) mass is 336 g/mol. The molecule has 1 fully saturated rings. The predicted octanol–water partition coefficient (Wildman–Crippen LogP) is 3.33. The summed E-state index contributed by atoms with van der Waals surface area (Å²) in [5.74, 6) is -0.278. The third kappa shape index (κ3) is 4.27. The average molecular weight is 336 g/mol. The molecule has 1 aliphatic heterocycles. The van der Waals surface area contributed by atoms with Gasteiger partial charge in [0.05, 0.1) is 5.92 Å². The Morgan fingerprint density at radius 1 is 1.12 bits per heavy atom. The van der Waals surface area contributed by atoms with E-state index >= 15 is 0 Å². The molecule has 1 heterocycles.